The van der Waals surface area contributed by atoms with E-state index in [9.17, 15) is 4.79 Å². The lowest BCUT2D eigenvalue weighted by molar-refractivity contribution is -0.123. The lowest BCUT2D eigenvalue weighted by Gasteiger charge is -2.23. The van der Waals surface area contributed by atoms with Crippen LogP contribution >= 0.6 is 0 Å². The minimum atomic E-state index is 0.193. The highest BCUT2D eigenvalue weighted by Gasteiger charge is 2.24. The second-order valence-corrected chi connectivity index (χ2v) is 4.30. The topological polar surface area (TPSA) is 20.3 Å². The van der Waals surface area contributed by atoms with Crippen molar-refractivity contribution in [1.82, 2.24) is 4.90 Å². The SMILES string of the molecule is CC[C@@H]1CCCN1CC(=O)C(C)C. The van der Waals surface area contributed by atoms with Gasteiger partial charge < -0.3 is 0 Å². The van der Waals surface area contributed by atoms with Crippen molar-refractivity contribution in [2.24, 2.45) is 5.92 Å². The predicted octanol–water partition coefficient (Wildman–Crippen LogP) is 2.09. The molecule has 0 N–H and O–H groups in total. The van der Waals surface area contributed by atoms with E-state index in [4.69, 9.17) is 0 Å². The highest BCUT2D eigenvalue weighted by molar-refractivity contribution is 5.82. The number of hydrogen-bond donors (Lipinski definition) is 0. The molecule has 1 atom stereocenters. The summed E-state index contributed by atoms with van der Waals surface area (Å²) in [7, 11) is 0. The monoisotopic (exact) mass is 183 g/mol. The Hall–Kier alpha value is -0.370. The normalized spacial score (nSPS) is 24.2. The molecule has 1 fully saturated rings. The maximum Gasteiger partial charge on any atom is 0.149 e. The van der Waals surface area contributed by atoms with Gasteiger partial charge in [-0.2, -0.15) is 0 Å². The third-order valence-electron chi connectivity index (χ3n) is 2.97. The van der Waals surface area contributed by atoms with Gasteiger partial charge in [0.2, 0.25) is 0 Å². The summed E-state index contributed by atoms with van der Waals surface area (Å²) in [6, 6.07) is 0.669. The molecule has 0 saturated carbocycles. The fourth-order valence-corrected chi connectivity index (χ4v) is 1.95. The lowest BCUT2D eigenvalue weighted by atomic mass is 10.1. The molecule has 0 aromatic carbocycles. The van der Waals surface area contributed by atoms with E-state index in [1.165, 1.54) is 19.3 Å². The second-order valence-electron chi connectivity index (χ2n) is 4.30. The molecule has 0 aliphatic carbocycles. The number of ketones is 1. The van der Waals surface area contributed by atoms with Crippen LogP contribution in [-0.2, 0) is 4.79 Å². The number of rotatable bonds is 4. The van der Waals surface area contributed by atoms with Crippen molar-refractivity contribution in [2.45, 2.75) is 46.1 Å². The van der Waals surface area contributed by atoms with Crippen molar-refractivity contribution >= 4 is 5.78 Å². The van der Waals surface area contributed by atoms with Crippen LogP contribution in [0.5, 0.6) is 0 Å². The Morgan fingerprint density at radius 3 is 2.77 bits per heavy atom. The Balaban J connectivity index is 2.39. The minimum absolute atomic E-state index is 0.193. The van der Waals surface area contributed by atoms with Gasteiger partial charge in [0.25, 0.3) is 0 Å². The first-order valence-corrected chi connectivity index (χ1v) is 5.42. The molecular weight excluding hydrogens is 162 g/mol. The minimum Gasteiger partial charge on any atom is -0.298 e. The summed E-state index contributed by atoms with van der Waals surface area (Å²) in [4.78, 5) is 13.9. The summed E-state index contributed by atoms with van der Waals surface area (Å²) in [6.45, 7) is 7.98. The molecule has 1 heterocycles. The number of carbonyl (C=O) groups is 1. The van der Waals surface area contributed by atoms with E-state index >= 15 is 0 Å². The Morgan fingerprint density at radius 1 is 1.54 bits per heavy atom. The smallest absolute Gasteiger partial charge is 0.149 e. The molecule has 0 radical (unpaired) electrons. The maximum absolute atomic E-state index is 11.5. The standard InChI is InChI=1S/C11H21NO/c1-4-10-6-5-7-12(10)8-11(13)9(2)3/h9-10H,4-8H2,1-3H3/t10-/m1/s1. The van der Waals surface area contributed by atoms with Crippen molar-refractivity contribution in [3.63, 3.8) is 0 Å². The second kappa shape index (κ2) is 4.75. The first kappa shape index (κ1) is 10.7. The highest BCUT2D eigenvalue weighted by Crippen LogP contribution is 2.19. The zero-order chi connectivity index (χ0) is 9.84. The Kier molecular flexibility index (Phi) is 3.91. The van der Waals surface area contributed by atoms with Crippen LogP contribution < -0.4 is 0 Å². The molecule has 0 aromatic heterocycles. The molecule has 0 spiro atoms. The van der Waals surface area contributed by atoms with Crippen molar-refractivity contribution in [3.05, 3.63) is 0 Å². The third-order valence-corrected chi connectivity index (χ3v) is 2.97. The van der Waals surface area contributed by atoms with Crippen LogP contribution in [0.1, 0.15) is 40.0 Å². The molecule has 1 rings (SSSR count). The average molecular weight is 183 g/mol. The maximum atomic E-state index is 11.5. The largest absolute Gasteiger partial charge is 0.298 e. The number of nitrogens with zero attached hydrogens (tertiary/aromatic N) is 1. The summed E-state index contributed by atoms with van der Waals surface area (Å²) in [6.07, 6.45) is 3.73. The van der Waals surface area contributed by atoms with E-state index in [1.807, 2.05) is 13.8 Å². The molecule has 0 aromatic rings. The molecule has 13 heavy (non-hydrogen) atoms. The fourth-order valence-electron chi connectivity index (χ4n) is 1.95. The molecule has 1 aliphatic heterocycles. The van der Waals surface area contributed by atoms with Crippen LogP contribution in [0.25, 0.3) is 0 Å². The van der Waals surface area contributed by atoms with Gasteiger partial charge in [0, 0.05) is 12.0 Å². The van der Waals surface area contributed by atoms with E-state index in [-0.39, 0.29) is 5.92 Å². The van der Waals surface area contributed by atoms with Crippen LogP contribution in [0.2, 0.25) is 0 Å². The van der Waals surface area contributed by atoms with Crippen LogP contribution in [-0.4, -0.2) is 29.8 Å². The molecule has 1 saturated heterocycles. The molecule has 0 amide bonds. The highest BCUT2D eigenvalue weighted by atomic mass is 16.1. The van der Waals surface area contributed by atoms with Crippen LogP contribution in [0, 0.1) is 5.92 Å². The Morgan fingerprint density at radius 2 is 2.23 bits per heavy atom. The van der Waals surface area contributed by atoms with E-state index in [0.29, 0.717) is 18.4 Å². The Labute approximate surface area is 81.3 Å². The van der Waals surface area contributed by atoms with Gasteiger partial charge in [-0.25, -0.2) is 0 Å². The number of Topliss-reactive ketones (excluding diaryl/α,β-unsaturated/α-hetero) is 1. The first-order chi connectivity index (χ1) is 6.15. The lowest BCUT2D eigenvalue weighted by Crippen LogP contribution is -2.35. The average Bonchev–Trinajstić information content (AvgIpc) is 2.51. The summed E-state index contributed by atoms with van der Waals surface area (Å²) in [5, 5.41) is 0. The van der Waals surface area contributed by atoms with Crippen LogP contribution in [0.4, 0.5) is 0 Å². The summed E-state index contributed by atoms with van der Waals surface area (Å²) >= 11 is 0. The van der Waals surface area contributed by atoms with Gasteiger partial charge in [0.1, 0.15) is 5.78 Å². The van der Waals surface area contributed by atoms with Gasteiger partial charge >= 0.3 is 0 Å². The number of likely N-dealkylation sites (tertiary alicyclic amines) is 1. The van der Waals surface area contributed by atoms with E-state index in [1.54, 1.807) is 0 Å². The number of carbonyl (C=O) groups excluding carboxylic acids is 1. The molecule has 2 heteroatoms. The zero-order valence-electron chi connectivity index (χ0n) is 9.05. The van der Waals surface area contributed by atoms with E-state index in [0.717, 1.165) is 6.54 Å². The summed E-state index contributed by atoms with van der Waals surface area (Å²) in [5.41, 5.74) is 0. The van der Waals surface area contributed by atoms with E-state index in [2.05, 4.69) is 11.8 Å². The predicted molar refractivity (Wildman–Crippen MR) is 54.7 cm³/mol. The molecule has 0 unspecified atom stereocenters. The third kappa shape index (κ3) is 2.80. The van der Waals surface area contributed by atoms with Crippen molar-refractivity contribution in [3.8, 4) is 0 Å². The molecule has 76 valence electrons. The van der Waals surface area contributed by atoms with Gasteiger partial charge in [0.15, 0.2) is 0 Å². The summed E-state index contributed by atoms with van der Waals surface area (Å²) in [5.74, 6) is 0.582. The van der Waals surface area contributed by atoms with Crippen molar-refractivity contribution < 1.29 is 4.79 Å². The van der Waals surface area contributed by atoms with Crippen LogP contribution in [0.3, 0.4) is 0 Å². The van der Waals surface area contributed by atoms with Gasteiger partial charge in [-0.15, -0.1) is 0 Å². The molecular formula is C11H21NO. The number of hydrogen-bond acceptors (Lipinski definition) is 2. The van der Waals surface area contributed by atoms with Crippen molar-refractivity contribution in [1.29, 1.82) is 0 Å². The molecule has 1 aliphatic rings. The molecule has 0 bridgehead atoms. The first-order valence-electron chi connectivity index (χ1n) is 5.42. The van der Waals surface area contributed by atoms with Crippen LogP contribution in [0.15, 0.2) is 0 Å². The molecule has 2 nitrogen and oxygen atoms in total. The van der Waals surface area contributed by atoms with Gasteiger partial charge in [0.05, 0.1) is 6.54 Å². The van der Waals surface area contributed by atoms with Gasteiger partial charge in [-0.1, -0.05) is 20.8 Å². The van der Waals surface area contributed by atoms with Gasteiger partial charge in [-0.05, 0) is 25.8 Å². The Bertz CT molecular complexity index is 177. The zero-order valence-corrected chi connectivity index (χ0v) is 9.05. The quantitative estimate of drug-likeness (QED) is 0.665. The summed E-state index contributed by atoms with van der Waals surface area (Å²) < 4.78 is 0. The van der Waals surface area contributed by atoms with Crippen molar-refractivity contribution in [2.75, 3.05) is 13.1 Å². The van der Waals surface area contributed by atoms with E-state index < -0.39 is 0 Å². The fraction of sp³-hybridized carbons (Fsp3) is 0.909. The van der Waals surface area contributed by atoms with Gasteiger partial charge in [-0.3, -0.25) is 9.69 Å².